The van der Waals surface area contributed by atoms with E-state index >= 15 is 0 Å². The van der Waals surface area contributed by atoms with E-state index in [4.69, 9.17) is 42.6 Å². The van der Waals surface area contributed by atoms with Gasteiger partial charge in [-0.2, -0.15) is 0 Å². The Kier molecular flexibility index (Phi) is 15.7. The van der Waals surface area contributed by atoms with E-state index in [1.165, 1.54) is 0 Å². The molecular formula is C45H46Br2Cl2N6O8. The third kappa shape index (κ3) is 10.4. The minimum Gasteiger partial charge on any atom is -0.450 e. The molecule has 4 aliphatic rings. The first kappa shape index (κ1) is 47.6. The number of nitro benzene ring substituents is 2. The summed E-state index contributed by atoms with van der Waals surface area (Å²) in [5.74, 6) is 0. The van der Waals surface area contributed by atoms with Crippen molar-refractivity contribution < 1.29 is 28.9 Å². The van der Waals surface area contributed by atoms with Gasteiger partial charge in [-0.3, -0.25) is 30.2 Å². The van der Waals surface area contributed by atoms with Gasteiger partial charge in [0.2, 0.25) is 0 Å². The number of aromatic nitrogens is 2. The maximum absolute atomic E-state index is 12.1. The summed E-state index contributed by atoms with van der Waals surface area (Å²) in [5.41, 5.74) is 11.3. The van der Waals surface area contributed by atoms with Crippen LogP contribution >= 0.6 is 55.1 Å². The van der Waals surface area contributed by atoms with Crippen molar-refractivity contribution in [3.05, 3.63) is 144 Å². The first-order chi connectivity index (χ1) is 29.8. The number of halogens is 4. The summed E-state index contributed by atoms with van der Waals surface area (Å²) in [6.07, 6.45) is 8.45. The summed E-state index contributed by atoms with van der Waals surface area (Å²) in [7, 11) is 0. The number of hydrogen-bond acceptors (Lipinski definition) is 10. The van der Waals surface area contributed by atoms with Crippen LogP contribution in [0.4, 0.5) is 21.0 Å². The first-order valence-corrected chi connectivity index (χ1v) is 22.6. The number of carbonyl (C=O) groups excluding carboxylic acids is 2. The Morgan fingerprint density at radius 1 is 0.619 bits per heavy atom. The van der Waals surface area contributed by atoms with Crippen LogP contribution < -0.4 is 0 Å². The van der Waals surface area contributed by atoms with Crippen LogP contribution in [-0.2, 0) is 35.2 Å². The van der Waals surface area contributed by atoms with Gasteiger partial charge >= 0.3 is 12.2 Å². The van der Waals surface area contributed by atoms with E-state index in [1.807, 2.05) is 0 Å². The summed E-state index contributed by atoms with van der Waals surface area (Å²) in [4.78, 5) is 59.3. The largest absolute Gasteiger partial charge is 0.450 e. The van der Waals surface area contributed by atoms with Gasteiger partial charge in [0.1, 0.15) is 10.0 Å². The zero-order valence-corrected chi connectivity index (χ0v) is 38.7. The Labute approximate surface area is 392 Å². The molecule has 2 aromatic heterocycles. The van der Waals surface area contributed by atoms with Crippen LogP contribution in [0, 0.1) is 20.2 Å². The second-order valence-electron chi connectivity index (χ2n) is 15.1. The minimum atomic E-state index is -0.449. The highest BCUT2D eigenvalue weighted by Crippen LogP contribution is 2.43. The number of likely N-dealkylation sites (tertiary alicyclic amines) is 2. The van der Waals surface area contributed by atoms with Gasteiger partial charge in [-0.15, -0.1) is 0 Å². The van der Waals surface area contributed by atoms with Gasteiger partial charge in [0.05, 0.1) is 34.4 Å². The number of aryl methyl sites for hydroxylation is 4. The maximum Gasteiger partial charge on any atom is 0.409 e. The number of hydrogen-bond donors (Lipinski definition) is 0. The fourth-order valence-corrected chi connectivity index (χ4v) is 9.78. The molecule has 8 rings (SSSR count). The number of piperidine rings is 2. The van der Waals surface area contributed by atoms with E-state index in [9.17, 15) is 29.8 Å². The number of pyridine rings is 2. The standard InChI is InChI=1S/2C22H21BrClN3O4.CH4/c2*1-2-31-22(28)26-7-5-13(6-8-26)20-17-11-19(27(29)30)18(24)10-14(17)3-4-15-9-16(23)12-25-21(15)20;/h2*9-12H,2-8H2,1H3;1H4. The zero-order valence-electron chi connectivity index (χ0n) is 34.0. The van der Waals surface area contributed by atoms with Crippen molar-refractivity contribution in [2.24, 2.45) is 0 Å². The lowest BCUT2D eigenvalue weighted by Gasteiger charge is -2.29. The van der Waals surface area contributed by atoms with Gasteiger partial charge in [-0.1, -0.05) is 41.8 Å². The molecule has 0 N–H and O–H groups in total. The Bertz CT molecular complexity index is 2360. The molecule has 0 atom stereocenters. The third-order valence-electron chi connectivity index (χ3n) is 11.4. The first-order valence-electron chi connectivity index (χ1n) is 20.3. The fraction of sp³-hybridized carbons (Fsp3) is 0.378. The molecule has 4 heterocycles. The lowest BCUT2D eigenvalue weighted by Crippen LogP contribution is -2.37. The molecule has 2 aliphatic carbocycles. The average molecular weight is 1030 g/mol. The SMILES string of the molecule is C.CCOC(=O)N1CCC(=C2c3cc([N+](=O)[O-])c(Cl)cc3CCc3cc(Br)cnc32)CC1.CCOC(=O)N1CCC(=C2c3cc([N+](=O)[O-])c(Cl)cc3CCc3cc(Br)cnc32)CC1. The second-order valence-corrected chi connectivity index (χ2v) is 17.7. The summed E-state index contributed by atoms with van der Waals surface area (Å²) in [6.45, 7) is 6.40. The molecule has 2 aromatic carbocycles. The van der Waals surface area contributed by atoms with Crippen molar-refractivity contribution in [2.45, 2.75) is 72.6 Å². The van der Waals surface area contributed by atoms with Gasteiger partial charge in [0.25, 0.3) is 11.4 Å². The van der Waals surface area contributed by atoms with Gasteiger partial charge in [-0.05, 0) is 155 Å². The summed E-state index contributed by atoms with van der Waals surface area (Å²) < 4.78 is 12.0. The van der Waals surface area contributed by atoms with Crippen LogP contribution in [0.3, 0.4) is 0 Å². The minimum absolute atomic E-state index is 0. The van der Waals surface area contributed by atoms with E-state index in [0.29, 0.717) is 77.9 Å². The average Bonchev–Trinajstić information content (AvgIpc) is 3.50. The van der Waals surface area contributed by atoms with Crippen molar-refractivity contribution in [1.29, 1.82) is 0 Å². The smallest absolute Gasteiger partial charge is 0.409 e. The molecule has 0 unspecified atom stereocenters. The van der Waals surface area contributed by atoms with Gasteiger partial charge < -0.3 is 19.3 Å². The lowest BCUT2D eigenvalue weighted by atomic mass is 9.88. The van der Waals surface area contributed by atoms with Crippen molar-refractivity contribution in [1.82, 2.24) is 19.8 Å². The van der Waals surface area contributed by atoms with Gasteiger partial charge in [-0.25, -0.2) is 9.59 Å². The van der Waals surface area contributed by atoms with Crippen LogP contribution in [0.2, 0.25) is 10.0 Å². The zero-order chi connectivity index (χ0) is 44.2. The number of ether oxygens (including phenoxy) is 2. The maximum atomic E-state index is 12.1. The Hall–Kier alpha value is -4.90. The highest BCUT2D eigenvalue weighted by Gasteiger charge is 2.31. The number of nitrogens with zero attached hydrogens (tertiary/aromatic N) is 6. The second kappa shape index (κ2) is 20.7. The normalized spacial score (nSPS) is 15.5. The Balaban J connectivity index is 0.000000206. The molecule has 0 bridgehead atoms. The molecule has 0 spiro atoms. The molecule has 18 heteroatoms. The van der Waals surface area contributed by atoms with Crippen LogP contribution in [0.1, 0.15) is 91.7 Å². The molecule has 0 saturated carbocycles. The molecule has 2 fully saturated rings. The molecule has 332 valence electrons. The number of rotatable bonds is 4. The van der Waals surface area contributed by atoms with Crippen LogP contribution in [0.15, 0.2) is 68.9 Å². The van der Waals surface area contributed by atoms with Crippen LogP contribution in [0.25, 0.3) is 11.1 Å². The molecule has 4 aromatic rings. The van der Waals surface area contributed by atoms with Crippen LogP contribution in [0.5, 0.6) is 0 Å². The van der Waals surface area contributed by atoms with Gasteiger partial charge in [0, 0.05) is 70.8 Å². The van der Waals surface area contributed by atoms with Crippen molar-refractivity contribution in [3.63, 3.8) is 0 Å². The predicted molar refractivity (Wildman–Crippen MR) is 249 cm³/mol. The predicted octanol–water partition coefficient (Wildman–Crippen LogP) is 11.8. The van der Waals surface area contributed by atoms with Gasteiger partial charge in [0.15, 0.2) is 0 Å². The van der Waals surface area contributed by atoms with Crippen molar-refractivity contribution in [2.75, 3.05) is 39.4 Å². The highest BCUT2D eigenvalue weighted by atomic mass is 79.9. The summed E-state index contributed by atoms with van der Waals surface area (Å²) in [6, 6.07) is 10.7. The van der Waals surface area contributed by atoms with Crippen LogP contribution in [-0.4, -0.2) is 81.2 Å². The quantitative estimate of drug-likeness (QED) is 0.141. The molecule has 0 radical (unpaired) electrons. The number of benzene rings is 2. The molecule has 14 nitrogen and oxygen atoms in total. The number of nitro groups is 2. The topological polar surface area (TPSA) is 171 Å². The lowest BCUT2D eigenvalue weighted by molar-refractivity contribution is -0.384. The van der Waals surface area contributed by atoms with E-state index in [1.54, 1.807) is 60.3 Å². The molecule has 2 saturated heterocycles. The monoisotopic (exact) mass is 1030 g/mol. The molecular weight excluding hydrogens is 983 g/mol. The van der Waals surface area contributed by atoms with Crippen molar-refractivity contribution in [3.8, 4) is 0 Å². The summed E-state index contributed by atoms with van der Waals surface area (Å²) in [5, 5.41) is 23.4. The van der Waals surface area contributed by atoms with E-state index in [0.717, 1.165) is 88.8 Å². The number of amides is 2. The number of carbonyl (C=O) groups is 2. The Morgan fingerprint density at radius 2 is 0.968 bits per heavy atom. The van der Waals surface area contributed by atoms with E-state index in [-0.39, 0.29) is 41.0 Å². The third-order valence-corrected chi connectivity index (χ3v) is 12.9. The van der Waals surface area contributed by atoms with Crippen molar-refractivity contribution >= 4 is 89.8 Å². The van der Waals surface area contributed by atoms with E-state index < -0.39 is 9.85 Å². The highest BCUT2D eigenvalue weighted by molar-refractivity contribution is 9.10. The molecule has 2 amide bonds. The van der Waals surface area contributed by atoms with E-state index in [2.05, 4.69) is 44.0 Å². The molecule has 2 aliphatic heterocycles. The fourth-order valence-electron chi connectivity index (χ4n) is 8.52. The Morgan fingerprint density at radius 3 is 1.30 bits per heavy atom. The summed E-state index contributed by atoms with van der Waals surface area (Å²) >= 11 is 19.5. The number of fused-ring (bicyclic) bond motifs is 4. The molecule has 63 heavy (non-hydrogen) atoms.